The minimum Gasteiger partial charge on any atom is -0.456 e. The normalized spacial score (nSPS) is 11.5. The van der Waals surface area contributed by atoms with E-state index < -0.39 is 0 Å². The lowest BCUT2D eigenvalue weighted by Crippen LogP contribution is -2.00. The summed E-state index contributed by atoms with van der Waals surface area (Å²) in [5.41, 5.74) is 14.6. The smallest absolute Gasteiger partial charge is 0.164 e. The number of furan rings is 1. The maximum Gasteiger partial charge on any atom is 0.164 e. The summed E-state index contributed by atoms with van der Waals surface area (Å²) in [6.07, 6.45) is 0. The fourth-order valence-electron chi connectivity index (χ4n) is 8.98. The minimum absolute atomic E-state index is 0.592. The molecule has 0 aliphatic rings. The Kier molecular flexibility index (Phi) is 8.42. The van der Waals surface area contributed by atoms with Crippen LogP contribution in [0.3, 0.4) is 0 Å². The van der Waals surface area contributed by atoms with Crippen LogP contribution in [0.1, 0.15) is 0 Å². The van der Waals surface area contributed by atoms with Crippen LogP contribution in [0, 0.1) is 0 Å². The van der Waals surface area contributed by atoms with Gasteiger partial charge >= 0.3 is 0 Å². The van der Waals surface area contributed by atoms with Gasteiger partial charge < -0.3 is 8.98 Å². The maximum absolute atomic E-state index is 6.27. The van der Waals surface area contributed by atoms with Crippen LogP contribution in [0.4, 0.5) is 0 Å². The van der Waals surface area contributed by atoms with Gasteiger partial charge in [-0.1, -0.05) is 170 Å². The third-order valence-corrected chi connectivity index (χ3v) is 11.8. The van der Waals surface area contributed by atoms with E-state index in [0.29, 0.717) is 17.5 Å². The van der Waals surface area contributed by atoms with Gasteiger partial charge in [-0.3, -0.25) is 0 Å². The highest BCUT2D eigenvalue weighted by Gasteiger charge is 2.20. The summed E-state index contributed by atoms with van der Waals surface area (Å²) in [7, 11) is 0. The molecule has 3 aromatic heterocycles. The summed E-state index contributed by atoms with van der Waals surface area (Å²) >= 11 is 0. The maximum atomic E-state index is 6.27. The molecule has 9 aromatic carbocycles. The third kappa shape index (κ3) is 6.06. The van der Waals surface area contributed by atoms with Gasteiger partial charge in [0.15, 0.2) is 17.5 Å². The number of para-hydroxylation sites is 2. The van der Waals surface area contributed by atoms with E-state index >= 15 is 0 Å². The second-order valence-corrected chi connectivity index (χ2v) is 15.6. The second-order valence-electron chi connectivity index (χ2n) is 15.6. The molecule has 0 N–H and O–H groups in total. The number of hydrogen-bond acceptors (Lipinski definition) is 4. The van der Waals surface area contributed by atoms with Gasteiger partial charge in [0.2, 0.25) is 0 Å². The highest BCUT2D eigenvalue weighted by atomic mass is 16.3. The van der Waals surface area contributed by atoms with E-state index in [1.807, 2.05) is 60.7 Å². The Morgan fingerprint density at radius 2 is 0.871 bits per heavy atom. The number of nitrogens with zero attached hydrogens (tertiary/aromatic N) is 4. The van der Waals surface area contributed by atoms with Crippen molar-refractivity contribution in [2.45, 2.75) is 0 Å². The number of fused-ring (bicyclic) bond motifs is 6. The summed E-state index contributed by atoms with van der Waals surface area (Å²) in [5, 5.41) is 4.46. The van der Waals surface area contributed by atoms with Gasteiger partial charge in [-0.15, -0.1) is 0 Å². The van der Waals surface area contributed by atoms with Crippen LogP contribution >= 0.6 is 0 Å². The first kappa shape index (κ1) is 35.5. The SMILES string of the molecule is c1ccc(-c2cc(-c3ccccc3)c3c4ccccc4n(-c4cccc(-c5cccc(-c6nc(-c7ccccc7)nc(-c7cccc8oc9ccccc9c78)n6)c5)c4)c3c2)cc1. The highest BCUT2D eigenvalue weighted by molar-refractivity contribution is 6.17. The van der Waals surface area contributed by atoms with E-state index in [4.69, 9.17) is 19.4 Å². The van der Waals surface area contributed by atoms with Crippen molar-refractivity contribution in [3.05, 3.63) is 218 Å². The van der Waals surface area contributed by atoms with Crippen LogP contribution in [0.25, 0.3) is 117 Å². The summed E-state index contributed by atoms with van der Waals surface area (Å²) in [6.45, 7) is 0. The van der Waals surface area contributed by atoms with Crippen molar-refractivity contribution in [1.29, 1.82) is 0 Å². The quantitative estimate of drug-likeness (QED) is 0.161. The molecule has 0 fully saturated rings. The summed E-state index contributed by atoms with van der Waals surface area (Å²) in [6, 6.07) is 76.5. The first-order valence-corrected chi connectivity index (χ1v) is 20.8. The van der Waals surface area contributed by atoms with Crippen LogP contribution in [0.15, 0.2) is 223 Å². The molecule has 0 atom stereocenters. The first-order chi connectivity index (χ1) is 30.7. The molecule has 0 bridgehead atoms. The summed E-state index contributed by atoms with van der Waals surface area (Å²) in [5.74, 6) is 1.80. The van der Waals surface area contributed by atoms with Crippen LogP contribution < -0.4 is 0 Å². The molecule has 5 nitrogen and oxygen atoms in total. The Labute approximate surface area is 357 Å². The molecule has 62 heavy (non-hydrogen) atoms. The molecule has 12 rings (SSSR count). The van der Waals surface area contributed by atoms with Gasteiger partial charge in [-0.25, -0.2) is 15.0 Å². The Morgan fingerprint density at radius 1 is 0.306 bits per heavy atom. The average molecular weight is 793 g/mol. The molecule has 0 saturated carbocycles. The standard InChI is InChI=1S/C57H36N4O/c1-4-17-37(18-5-1)43-35-48(38-19-6-2-7-20-38)53-45-27-10-12-30-49(45)61(50(53)36-43)44-26-15-24-41(34-44)40-23-14-25-42(33-40)56-58-55(39-21-8-3-9-22-39)59-57(60-56)47-29-16-32-52-54(47)46-28-11-13-31-51(46)62-52/h1-36H. The van der Waals surface area contributed by atoms with E-state index in [2.05, 4.69) is 162 Å². The van der Waals surface area contributed by atoms with Crippen molar-refractivity contribution in [3.8, 4) is 73.2 Å². The zero-order valence-electron chi connectivity index (χ0n) is 33.5. The van der Waals surface area contributed by atoms with Crippen molar-refractivity contribution >= 4 is 43.7 Å². The molecule has 290 valence electrons. The van der Waals surface area contributed by atoms with Crippen molar-refractivity contribution < 1.29 is 4.42 Å². The minimum atomic E-state index is 0.592. The lowest BCUT2D eigenvalue weighted by atomic mass is 9.94. The molecule has 0 radical (unpaired) electrons. The fourth-order valence-corrected chi connectivity index (χ4v) is 8.98. The highest BCUT2D eigenvalue weighted by Crippen LogP contribution is 2.42. The molecule has 0 unspecified atom stereocenters. The number of hydrogen-bond donors (Lipinski definition) is 0. The van der Waals surface area contributed by atoms with Crippen LogP contribution in [0.2, 0.25) is 0 Å². The molecular formula is C57H36N4O. The topological polar surface area (TPSA) is 56.7 Å². The lowest BCUT2D eigenvalue weighted by Gasteiger charge is -2.14. The molecule has 0 saturated heterocycles. The molecule has 0 aliphatic heterocycles. The zero-order valence-corrected chi connectivity index (χ0v) is 33.5. The predicted octanol–water partition coefficient (Wildman–Crippen LogP) is 14.9. The number of rotatable bonds is 7. The fraction of sp³-hybridized carbons (Fsp3) is 0. The summed E-state index contributed by atoms with van der Waals surface area (Å²) < 4.78 is 8.69. The second kappa shape index (κ2) is 14.7. The van der Waals surface area contributed by atoms with Crippen molar-refractivity contribution in [2.24, 2.45) is 0 Å². The number of aromatic nitrogens is 4. The van der Waals surface area contributed by atoms with E-state index in [-0.39, 0.29) is 0 Å². The Balaban J connectivity index is 1.02. The molecule has 12 aromatic rings. The van der Waals surface area contributed by atoms with Gasteiger partial charge in [0.05, 0.1) is 11.0 Å². The lowest BCUT2D eigenvalue weighted by molar-refractivity contribution is 0.669. The molecule has 5 heteroatoms. The number of benzene rings is 9. The molecule has 0 aliphatic carbocycles. The van der Waals surface area contributed by atoms with E-state index in [1.54, 1.807) is 0 Å². The predicted molar refractivity (Wildman–Crippen MR) is 254 cm³/mol. The Bertz CT molecular complexity index is 3630. The van der Waals surface area contributed by atoms with Gasteiger partial charge in [0, 0.05) is 43.9 Å². The third-order valence-electron chi connectivity index (χ3n) is 11.8. The van der Waals surface area contributed by atoms with Crippen LogP contribution in [-0.2, 0) is 0 Å². The van der Waals surface area contributed by atoms with E-state index in [9.17, 15) is 0 Å². The van der Waals surface area contributed by atoms with Crippen molar-refractivity contribution in [3.63, 3.8) is 0 Å². The van der Waals surface area contributed by atoms with E-state index in [0.717, 1.165) is 66.5 Å². The largest absolute Gasteiger partial charge is 0.456 e. The van der Waals surface area contributed by atoms with Crippen LogP contribution in [0.5, 0.6) is 0 Å². The molecule has 0 amide bonds. The summed E-state index contributed by atoms with van der Waals surface area (Å²) in [4.78, 5) is 15.4. The van der Waals surface area contributed by atoms with Gasteiger partial charge in [0.1, 0.15) is 11.2 Å². The van der Waals surface area contributed by atoms with E-state index in [1.165, 1.54) is 33.0 Å². The van der Waals surface area contributed by atoms with Crippen molar-refractivity contribution in [2.75, 3.05) is 0 Å². The van der Waals surface area contributed by atoms with Gasteiger partial charge in [-0.2, -0.15) is 0 Å². The van der Waals surface area contributed by atoms with Crippen molar-refractivity contribution in [1.82, 2.24) is 19.5 Å². The Hall–Kier alpha value is -8.41. The average Bonchev–Trinajstić information content (AvgIpc) is 3.91. The van der Waals surface area contributed by atoms with Crippen LogP contribution in [-0.4, -0.2) is 19.5 Å². The first-order valence-electron chi connectivity index (χ1n) is 20.8. The molecule has 0 spiro atoms. The monoisotopic (exact) mass is 792 g/mol. The Morgan fingerprint density at radius 3 is 1.66 bits per heavy atom. The van der Waals surface area contributed by atoms with Gasteiger partial charge in [0.25, 0.3) is 0 Å². The molecular weight excluding hydrogens is 757 g/mol. The van der Waals surface area contributed by atoms with Gasteiger partial charge in [-0.05, 0) is 81.9 Å². The zero-order chi connectivity index (χ0) is 41.0. The molecule has 3 heterocycles.